The minimum Gasteiger partial charge on any atom is -0.492 e. The number of hydrogen-bond acceptors (Lipinski definition) is 3. The highest BCUT2D eigenvalue weighted by atomic mass is 127. The van der Waals surface area contributed by atoms with Crippen molar-refractivity contribution < 1.29 is 9.47 Å². The van der Waals surface area contributed by atoms with Crippen LogP contribution in [0.3, 0.4) is 0 Å². The molecule has 0 aliphatic heterocycles. The van der Waals surface area contributed by atoms with Crippen LogP contribution >= 0.6 is 22.6 Å². The Morgan fingerprint density at radius 2 is 2.20 bits per heavy atom. The SMILES string of the molecule is COCCCOc1cc(I)ccc1C#N. The molecule has 0 atom stereocenters. The number of hydrogen-bond donors (Lipinski definition) is 0. The standard InChI is InChI=1S/C11H12INO2/c1-14-5-2-6-15-11-7-10(12)4-3-9(11)8-13/h3-4,7H,2,5-6H2,1H3. The summed E-state index contributed by atoms with van der Waals surface area (Å²) in [7, 11) is 1.66. The number of benzene rings is 1. The number of methoxy groups -OCH3 is 1. The molecular weight excluding hydrogens is 305 g/mol. The second-order valence-corrected chi connectivity index (χ2v) is 4.19. The molecule has 1 aromatic rings. The van der Waals surface area contributed by atoms with Crippen LogP contribution in [0.25, 0.3) is 0 Å². The van der Waals surface area contributed by atoms with Gasteiger partial charge in [0.05, 0.1) is 12.2 Å². The molecule has 1 aromatic carbocycles. The molecule has 0 aromatic heterocycles. The molecule has 0 saturated heterocycles. The van der Waals surface area contributed by atoms with Gasteiger partial charge in [-0.2, -0.15) is 5.26 Å². The van der Waals surface area contributed by atoms with Crippen molar-refractivity contribution in [1.29, 1.82) is 5.26 Å². The molecule has 0 saturated carbocycles. The van der Waals surface area contributed by atoms with Gasteiger partial charge in [0, 0.05) is 23.7 Å². The predicted molar refractivity (Wildman–Crippen MR) is 65.9 cm³/mol. The molecule has 80 valence electrons. The third-order valence-corrected chi connectivity index (χ3v) is 2.49. The van der Waals surface area contributed by atoms with E-state index in [2.05, 4.69) is 28.7 Å². The third-order valence-electron chi connectivity index (χ3n) is 1.81. The molecule has 0 amide bonds. The Bertz CT molecular complexity index is 360. The van der Waals surface area contributed by atoms with Crippen LogP contribution in [0.1, 0.15) is 12.0 Å². The van der Waals surface area contributed by atoms with Gasteiger partial charge in [-0.1, -0.05) is 0 Å². The zero-order chi connectivity index (χ0) is 11.1. The van der Waals surface area contributed by atoms with Crippen molar-refractivity contribution in [3.8, 4) is 11.8 Å². The lowest BCUT2D eigenvalue weighted by atomic mass is 10.2. The highest BCUT2D eigenvalue weighted by molar-refractivity contribution is 14.1. The highest BCUT2D eigenvalue weighted by Gasteiger charge is 2.03. The molecule has 0 spiro atoms. The summed E-state index contributed by atoms with van der Waals surface area (Å²) < 4.78 is 11.5. The van der Waals surface area contributed by atoms with E-state index >= 15 is 0 Å². The first-order valence-electron chi connectivity index (χ1n) is 4.59. The van der Waals surface area contributed by atoms with E-state index in [-0.39, 0.29) is 0 Å². The number of ether oxygens (including phenoxy) is 2. The fourth-order valence-corrected chi connectivity index (χ4v) is 1.56. The maximum Gasteiger partial charge on any atom is 0.138 e. The van der Waals surface area contributed by atoms with Crippen LogP contribution < -0.4 is 4.74 Å². The second kappa shape index (κ2) is 6.64. The summed E-state index contributed by atoms with van der Waals surface area (Å²) in [5.74, 6) is 0.653. The molecule has 0 radical (unpaired) electrons. The van der Waals surface area contributed by atoms with E-state index in [0.717, 1.165) is 9.99 Å². The third kappa shape index (κ3) is 4.06. The van der Waals surface area contributed by atoms with E-state index in [1.807, 2.05) is 12.1 Å². The van der Waals surface area contributed by atoms with Crippen molar-refractivity contribution in [2.24, 2.45) is 0 Å². The Kier molecular flexibility index (Phi) is 5.43. The lowest BCUT2D eigenvalue weighted by Crippen LogP contribution is -2.02. The zero-order valence-electron chi connectivity index (χ0n) is 8.50. The molecular formula is C11H12INO2. The fraction of sp³-hybridized carbons (Fsp3) is 0.364. The quantitative estimate of drug-likeness (QED) is 0.619. The van der Waals surface area contributed by atoms with Crippen molar-refractivity contribution in [3.63, 3.8) is 0 Å². The van der Waals surface area contributed by atoms with Gasteiger partial charge < -0.3 is 9.47 Å². The summed E-state index contributed by atoms with van der Waals surface area (Å²) in [6.45, 7) is 1.24. The topological polar surface area (TPSA) is 42.2 Å². The minimum absolute atomic E-state index is 0.572. The first-order valence-corrected chi connectivity index (χ1v) is 5.67. The first kappa shape index (κ1) is 12.3. The van der Waals surface area contributed by atoms with Gasteiger partial charge in [-0.3, -0.25) is 0 Å². The van der Waals surface area contributed by atoms with Crippen molar-refractivity contribution in [1.82, 2.24) is 0 Å². The summed E-state index contributed by atoms with van der Waals surface area (Å²) in [6.07, 6.45) is 0.826. The highest BCUT2D eigenvalue weighted by Crippen LogP contribution is 2.20. The molecule has 0 N–H and O–H groups in total. The van der Waals surface area contributed by atoms with Crippen molar-refractivity contribution in [3.05, 3.63) is 27.3 Å². The lowest BCUT2D eigenvalue weighted by Gasteiger charge is -2.07. The smallest absolute Gasteiger partial charge is 0.138 e. The van der Waals surface area contributed by atoms with Crippen LogP contribution in [0.4, 0.5) is 0 Å². The first-order chi connectivity index (χ1) is 7.27. The van der Waals surface area contributed by atoms with Crippen molar-refractivity contribution in [2.75, 3.05) is 20.3 Å². The molecule has 0 unspecified atom stereocenters. The minimum atomic E-state index is 0.572. The normalized spacial score (nSPS) is 9.67. The molecule has 0 bridgehead atoms. The van der Waals surface area contributed by atoms with E-state index in [1.165, 1.54) is 0 Å². The maximum atomic E-state index is 8.85. The second-order valence-electron chi connectivity index (χ2n) is 2.95. The van der Waals surface area contributed by atoms with Gasteiger partial charge in [0.2, 0.25) is 0 Å². The Morgan fingerprint density at radius 1 is 1.40 bits per heavy atom. The number of nitrogens with zero attached hydrogens (tertiary/aromatic N) is 1. The van der Waals surface area contributed by atoms with Gasteiger partial charge in [-0.05, 0) is 40.8 Å². The number of nitriles is 1. The molecule has 4 heteroatoms. The Labute approximate surface area is 103 Å². The summed E-state index contributed by atoms with van der Waals surface area (Å²) in [6, 6.07) is 7.63. The average molecular weight is 317 g/mol. The van der Waals surface area contributed by atoms with E-state index in [0.29, 0.717) is 24.5 Å². The summed E-state index contributed by atoms with van der Waals surface area (Å²) in [5, 5.41) is 8.85. The van der Waals surface area contributed by atoms with E-state index in [1.54, 1.807) is 13.2 Å². The monoisotopic (exact) mass is 317 g/mol. The molecule has 0 heterocycles. The Morgan fingerprint density at radius 3 is 2.87 bits per heavy atom. The van der Waals surface area contributed by atoms with E-state index < -0.39 is 0 Å². The largest absolute Gasteiger partial charge is 0.492 e. The van der Waals surface area contributed by atoms with Crippen LogP contribution in [0.15, 0.2) is 18.2 Å². The molecule has 1 rings (SSSR count). The van der Waals surface area contributed by atoms with Crippen LogP contribution in [-0.4, -0.2) is 20.3 Å². The molecule has 0 fully saturated rings. The van der Waals surface area contributed by atoms with Gasteiger partial charge in [0.25, 0.3) is 0 Å². The fourth-order valence-electron chi connectivity index (χ4n) is 1.09. The van der Waals surface area contributed by atoms with Gasteiger partial charge in [-0.15, -0.1) is 0 Å². The maximum absolute atomic E-state index is 8.85. The van der Waals surface area contributed by atoms with Gasteiger partial charge >= 0.3 is 0 Å². The van der Waals surface area contributed by atoms with Crippen LogP contribution in [0.2, 0.25) is 0 Å². The van der Waals surface area contributed by atoms with Crippen LogP contribution in [-0.2, 0) is 4.74 Å². The summed E-state index contributed by atoms with van der Waals surface area (Å²) >= 11 is 2.19. The molecule has 3 nitrogen and oxygen atoms in total. The predicted octanol–water partition coefficient (Wildman–Crippen LogP) is 2.58. The Hall–Kier alpha value is -0.800. The van der Waals surface area contributed by atoms with Gasteiger partial charge in [0.1, 0.15) is 11.8 Å². The molecule has 15 heavy (non-hydrogen) atoms. The summed E-state index contributed by atoms with van der Waals surface area (Å²) in [5.41, 5.74) is 0.577. The van der Waals surface area contributed by atoms with Crippen molar-refractivity contribution >= 4 is 22.6 Å². The van der Waals surface area contributed by atoms with Crippen LogP contribution in [0.5, 0.6) is 5.75 Å². The zero-order valence-corrected chi connectivity index (χ0v) is 10.7. The van der Waals surface area contributed by atoms with Gasteiger partial charge in [0.15, 0.2) is 0 Å². The average Bonchev–Trinajstić information content (AvgIpc) is 2.25. The molecule has 0 aliphatic carbocycles. The van der Waals surface area contributed by atoms with Crippen molar-refractivity contribution in [2.45, 2.75) is 6.42 Å². The molecule has 0 aliphatic rings. The van der Waals surface area contributed by atoms with Crippen LogP contribution in [0, 0.1) is 14.9 Å². The number of halogens is 1. The summed E-state index contributed by atoms with van der Waals surface area (Å²) in [4.78, 5) is 0. The lowest BCUT2D eigenvalue weighted by molar-refractivity contribution is 0.172. The van der Waals surface area contributed by atoms with Gasteiger partial charge in [-0.25, -0.2) is 0 Å². The van der Waals surface area contributed by atoms with E-state index in [9.17, 15) is 0 Å². The number of rotatable bonds is 5. The van der Waals surface area contributed by atoms with E-state index in [4.69, 9.17) is 14.7 Å². The Balaban J connectivity index is 2.59.